The van der Waals surface area contributed by atoms with Crippen LogP contribution in [0.1, 0.15) is 65.2 Å². The molecule has 0 fully saturated rings. The minimum atomic E-state index is -1.68. The van der Waals surface area contributed by atoms with Crippen molar-refractivity contribution in [2.45, 2.75) is 38.4 Å². The van der Waals surface area contributed by atoms with Crippen LogP contribution in [0.4, 0.5) is 11.4 Å². The predicted molar refractivity (Wildman–Crippen MR) is 217 cm³/mol. The van der Waals surface area contributed by atoms with E-state index < -0.39 is 21.3 Å². The first-order chi connectivity index (χ1) is 27.6. The molecule has 292 valence electrons. The van der Waals surface area contributed by atoms with E-state index in [-0.39, 0.29) is 36.3 Å². The summed E-state index contributed by atoms with van der Waals surface area (Å²) in [5.74, 6) is -0.603. The number of fused-ring (bicyclic) bond motifs is 2. The number of nitro groups is 2. The highest BCUT2D eigenvalue weighted by Crippen LogP contribution is 2.46. The van der Waals surface area contributed by atoms with Crippen LogP contribution in [-0.4, -0.2) is 41.7 Å². The number of carbonyl (C=O) groups excluding carboxylic acids is 2. The lowest BCUT2D eigenvalue weighted by molar-refractivity contribution is -0.385. The maximum absolute atomic E-state index is 13.3. The molecule has 14 heteroatoms. The number of aryl methyl sites for hydroxylation is 2. The lowest BCUT2D eigenvalue weighted by Crippen LogP contribution is -2.44. The highest BCUT2D eigenvalue weighted by atomic mass is 35.5. The molecule has 2 amide bonds. The van der Waals surface area contributed by atoms with Crippen LogP contribution in [0.5, 0.6) is 0 Å². The summed E-state index contributed by atoms with van der Waals surface area (Å²) in [5, 5.41) is 46.5. The van der Waals surface area contributed by atoms with Crippen molar-refractivity contribution in [3.63, 3.8) is 0 Å². The molecule has 2 atom stereocenters. The Balaban J connectivity index is 0.000000177. The van der Waals surface area contributed by atoms with Crippen LogP contribution in [0.2, 0.25) is 10.0 Å². The van der Waals surface area contributed by atoms with Gasteiger partial charge in [0, 0.05) is 75.2 Å². The van der Waals surface area contributed by atoms with Crippen molar-refractivity contribution in [2.24, 2.45) is 0 Å². The Bertz CT molecular complexity index is 2530. The summed E-state index contributed by atoms with van der Waals surface area (Å²) >= 11 is 12.0. The van der Waals surface area contributed by atoms with E-state index in [1.165, 1.54) is 34.1 Å². The second kappa shape index (κ2) is 15.5. The number of benzene rings is 6. The van der Waals surface area contributed by atoms with Crippen LogP contribution in [-0.2, 0) is 24.5 Å². The van der Waals surface area contributed by atoms with Gasteiger partial charge in [0.15, 0.2) is 11.4 Å². The van der Waals surface area contributed by atoms with Gasteiger partial charge in [-0.05, 0) is 66.4 Å². The molecule has 0 bridgehead atoms. The number of non-ortho nitro benzene ring substituents is 2. The molecule has 2 aliphatic rings. The number of aliphatic hydroxyl groups is 2. The number of nitrogens with zero attached hydrogens (tertiary/aromatic N) is 4. The molecule has 2 N–H and O–H groups in total. The van der Waals surface area contributed by atoms with Crippen LogP contribution in [0.25, 0.3) is 0 Å². The normalized spacial score (nSPS) is 18.0. The Morgan fingerprint density at radius 1 is 0.569 bits per heavy atom. The molecule has 6 aromatic carbocycles. The van der Waals surface area contributed by atoms with Gasteiger partial charge in [0.25, 0.3) is 23.2 Å². The second-order valence-electron chi connectivity index (χ2n) is 14.0. The van der Waals surface area contributed by atoms with Gasteiger partial charge in [-0.1, -0.05) is 102 Å². The monoisotopic (exact) mass is 816 g/mol. The Hall–Kier alpha value is -6.44. The summed E-state index contributed by atoms with van der Waals surface area (Å²) in [6.07, 6.45) is 0. The topological polar surface area (TPSA) is 167 Å². The van der Waals surface area contributed by atoms with Crippen molar-refractivity contribution in [2.75, 3.05) is 0 Å². The first-order valence-electron chi connectivity index (χ1n) is 17.9. The Labute approximate surface area is 342 Å². The summed E-state index contributed by atoms with van der Waals surface area (Å²) < 4.78 is 0. The van der Waals surface area contributed by atoms with E-state index in [0.29, 0.717) is 54.6 Å². The molecule has 8 rings (SSSR count). The molecule has 2 heterocycles. The fraction of sp³-hybridized carbons (Fsp3) is 0.136. The van der Waals surface area contributed by atoms with Gasteiger partial charge < -0.3 is 10.2 Å². The van der Waals surface area contributed by atoms with Gasteiger partial charge in [0.1, 0.15) is 0 Å². The standard InChI is InChI=1S/2C22H17ClN2O4/c1-14-3-2-4-19-20(14)21(26)24(13-15-5-11-18(12-6-15)25(28)29)22(19,27)16-7-9-17(23)10-8-16;1-14-3-2-4-19-20(14)22(27,16-7-9-17(23)10-8-16)24(21(19)26)13-15-5-11-18(12-6-15)25(28)29/h2*2-12,27H,13H2,1H3. The number of amides is 2. The molecule has 58 heavy (non-hydrogen) atoms. The lowest BCUT2D eigenvalue weighted by Gasteiger charge is -2.35. The molecule has 6 aromatic rings. The van der Waals surface area contributed by atoms with Gasteiger partial charge in [-0.3, -0.25) is 39.6 Å². The van der Waals surface area contributed by atoms with E-state index in [2.05, 4.69) is 0 Å². The number of nitro benzene ring substituents is 2. The number of halogens is 2. The Morgan fingerprint density at radius 3 is 1.48 bits per heavy atom. The van der Waals surface area contributed by atoms with Crippen LogP contribution < -0.4 is 0 Å². The average Bonchev–Trinajstić information content (AvgIpc) is 3.57. The number of rotatable bonds is 8. The fourth-order valence-electron chi connectivity index (χ4n) is 7.57. The van der Waals surface area contributed by atoms with Gasteiger partial charge in [-0.2, -0.15) is 0 Å². The molecule has 2 aliphatic heterocycles. The summed E-state index contributed by atoms with van der Waals surface area (Å²) in [5.41, 5.74) is 2.45. The minimum Gasteiger partial charge on any atom is -0.363 e. The van der Waals surface area contributed by atoms with Gasteiger partial charge in [-0.25, -0.2) is 0 Å². The first-order valence-corrected chi connectivity index (χ1v) is 18.7. The lowest BCUT2D eigenvalue weighted by atomic mass is 9.90. The fourth-order valence-corrected chi connectivity index (χ4v) is 7.82. The van der Waals surface area contributed by atoms with Crippen LogP contribution in [0.3, 0.4) is 0 Å². The molecule has 0 saturated carbocycles. The molecular formula is C44H34Cl2N4O8. The van der Waals surface area contributed by atoms with E-state index in [9.17, 15) is 40.0 Å². The Morgan fingerprint density at radius 2 is 1.00 bits per heavy atom. The molecule has 2 unspecified atom stereocenters. The van der Waals surface area contributed by atoms with E-state index in [1.807, 2.05) is 26.0 Å². The van der Waals surface area contributed by atoms with E-state index in [4.69, 9.17) is 23.2 Å². The summed E-state index contributed by atoms with van der Waals surface area (Å²) in [7, 11) is 0. The molecular weight excluding hydrogens is 783 g/mol. The van der Waals surface area contributed by atoms with E-state index in [1.54, 1.807) is 97.1 Å². The third kappa shape index (κ3) is 6.96. The highest BCUT2D eigenvalue weighted by molar-refractivity contribution is 6.30. The van der Waals surface area contributed by atoms with Crippen molar-refractivity contribution < 1.29 is 29.6 Å². The molecule has 0 radical (unpaired) electrons. The number of hydrogen-bond acceptors (Lipinski definition) is 8. The smallest absolute Gasteiger partial charge is 0.269 e. The minimum absolute atomic E-state index is 0.0337. The average molecular weight is 818 g/mol. The predicted octanol–water partition coefficient (Wildman–Crippen LogP) is 8.81. The second-order valence-corrected chi connectivity index (χ2v) is 14.9. The molecule has 0 aromatic heterocycles. The van der Waals surface area contributed by atoms with Crippen LogP contribution in [0.15, 0.2) is 133 Å². The largest absolute Gasteiger partial charge is 0.363 e. The molecule has 0 saturated heterocycles. The zero-order valence-electron chi connectivity index (χ0n) is 31.0. The van der Waals surface area contributed by atoms with Crippen molar-refractivity contribution in [3.05, 3.63) is 219 Å². The summed E-state index contributed by atoms with van der Waals surface area (Å²) in [6.45, 7) is 3.85. The third-order valence-corrected chi connectivity index (χ3v) is 11.0. The molecule has 0 aliphatic carbocycles. The van der Waals surface area contributed by atoms with Crippen molar-refractivity contribution in [3.8, 4) is 0 Å². The maximum Gasteiger partial charge on any atom is 0.269 e. The maximum atomic E-state index is 13.3. The quantitative estimate of drug-likeness (QED) is 0.114. The molecule has 12 nitrogen and oxygen atoms in total. The number of hydrogen-bond donors (Lipinski definition) is 2. The van der Waals surface area contributed by atoms with Gasteiger partial charge >= 0.3 is 0 Å². The SMILES string of the molecule is Cc1cccc2c1C(=O)N(Cc1ccc([N+](=O)[O-])cc1)C2(O)c1ccc(Cl)cc1.Cc1cccc2c1C(O)(c1ccc(Cl)cc1)N(Cc1ccc([N+](=O)[O-])cc1)C2=O. The highest BCUT2D eigenvalue weighted by Gasteiger charge is 2.51. The first kappa shape index (κ1) is 39.8. The van der Waals surface area contributed by atoms with Crippen LogP contribution >= 0.6 is 23.2 Å². The van der Waals surface area contributed by atoms with Crippen molar-refractivity contribution >= 4 is 46.4 Å². The Kier molecular flexibility index (Phi) is 10.6. The van der Waals surface area contributed by atoms with E-state index >= 15 is 0 Å². The third-order valence-electron chi connectivity index (χ3n) is 10.5. The van der Waals surface area contributed by atoms with Gasteiger partial charge in [0.05, 0.1) is 15.4 Å². The van der Waals surface area contributed by atoms with Gasteiger partial charge in [0.2, 0.25) is 0 Å². The van der Waals surface area contributed by atoms with Crippen molar-refractivity contribution in [1.29, 1.82) is 0 Å². The van der Waals surface area contributed by atoms with E-state index in [0.717, 1.165) is 11.1 Å². The number of carbonyl (C=O) groups is 2. The van der Waals surface area contributed by atoms with Crippen molar-refractivity contribution in [1.82, 2.24) is 9.80 Å². The summed E-state index contributed by atoms with van der Waals surface area (Å²) in [6, 6.07) is 36.0. The van der Waals surface area contributed by atoms with Gasteiger partial charge in [-0.15, -0.1) is 0 Å². The summed E-state index contributed by atoms with van der Waals surface area (Å²) in [4.78, 5) is 50.1. The zero-order chi connectivity index (χ0) is 41.5. The zero-order valence-corrected chi connectivity index (χ0v) is 32.5. The van der Waals surface area contributed by atoms with Crippen LogP contribution in [0, 0.1) is 34.1 Å². The molecule has 0 spiro atoms.